The van der Waals surface area contributed by atoms with Gasteiger partial charge in [0.1, 0.15) is 0 Å². The highest BCUT2D eigenvalue weighted by Gasteiger charge is 2.38. The van der Waals surface area contributed by atoms with Crippen LogP contribution in [0.5, 0.6) is 0 Å². The number of nitrogens with zero attached hydrogens (tertiary/aromatic N) is 2. The molecule has 0 amide bonds. The van der Waals surface area contributed by atoms with Crippen molar-refractivity contribution in [2.75, 3.05) is 6.54 Å². The number of H-pyrrole nitrogens is 1. The van der Waals surface area contributed by atoms with Crippen LogP contribution in [0.2, 0.25) is 5.02 Å². The van der Waals surface area contributed by atoms with Crippen LogP contribution in [0.25, 0.3) is 0 Å². The van der Waals surface area contributed by atoms with E-state index in [2.05, 4.69) is 10.2 Å². The molecular formula is C16H20ClN3O2S. The Morgan fingerprint density at radius 2 is 2.04 bits per heavy atom. The van der Waals surface area contributed by atoms with Crippen LogP contribution in [0.1, 0.15) is 41.4 Å². The van der Waals surface area contributed by atoms with Crippen molar-refractivity contribution in [2.24, 2.45) is 0 Å². The number of rotatable bonds is 3. The molecule has 2 heterocycles. The Morgan fingerprint density at radius 3 is 2.65 bits per heavy atom. The molecule has 0 spiro atoms. The van der Waals surface area contributed by atoms with Gasteiger partial charge in [-0.3, -0.25) is 5.10 Å². The van der Waals surface area contributed by atoms with E-state index in [0.717, 1.165) is 35.4 Å². The van der Waals surface area contributed by atoms with E-state index in [1.54, 1.807) is 16.4 Å². The summed E-state index contributed by atoms with van der Waals surface area (Å²) in [5.74, 6) is 0. The van der Waals surface area contributed by atoms with Crippen LogP contribution in [0.4, 0.5) is 0 Å². The number of aromatic amines is 1. The molecule has 3 rings (SSSR count). The predicted octanol–water partition coefficient (Wildman–Crippen LogP) is 3.51. The van der Waals surface area contributed by atoms with Crippen molar-refractivity contribution in [3.8, 4) is 0 Å². The van der Waals surface area contributed by atoms with Gasteiger partial charge >= 0.3 is 0 Å². The lowest BCUT2D eigenvalue weighted by Crippen LogP contribution is -2.31. The third-order valence-corrected chi connectivity index (χ3v) is 6.78. The molecule has 1 aromatic carbocycles. The van der Waals surface area contributed by atoms with Gasteiger partial charge in [-0.25, -0.2) is 8.42 Å². The molecule has 1 aromatic heterocycles. The van der Waals surface area contributed by atoms with Crippen molar-refractivity contribution < 1.29 is 8.42 Å². The van der Waals surface area contributed by atoms with Gasteiger partial charge in [0.05, 0.1) is 16.6 Å². The molecule has 0 radical (unpaired) electrons. The topological polar surface area (TPSA) is 66.1 Å². The number of sulfonamides is 1. The Labute approximate surface area is 141 Å². The number of hydrogen-bond acceptors (Lipinski definition) is 3. The van der Waals surface area contributed by atoms with E-state index in [1.165, 1.54) is 6.07 Å². The molecule has 5 nitrogen and oxygen atoms in total. The average molecular weight is 354 g/mol. The zero-order valence-corrected chi connectivity index (χ0v) is 15.0. The molecule has 0 bridgehead atoms. The van der Waals surface area contributed by atoms with Gasteiger partial charge in [-0.15, -0.1) is 0 Å². The van der Waals surface area contributed by atoms with Crippen LogP contribution < -0.4 is 0 Å². The second-order valence-corrected chi connectivity index (χ2v) is 8.33. The summed E-state index contributed by atoms with van der Waals surface area (Å²) in [7, 11) is -3.58. The molecule has 124 valence electrons. The third kappa shape index (κ3) is 2.79. The van der Waals surface area contributed by atoms with Crippen molar-refractivity contribution in [2.45, 2.75) is 44.6 Å². The average Bonchev–Trinajstić information content (AvgIpc) is 3.09. The van der Waals surface area contributed by atoms with Crippen LogP contribution in [0.3, 0.4) is 0 Å². The molecule has 1 saturated heterocycles. The molecule has 23 heavy (non-hydrogen) atoms. The molecule has 0 saturated carbocycles. The van der Waals surface area contributed by atoms with Gasteiger partial charge < -0.3 is 0 Å². The zero-order valence-electron chi connectivity index (χ0n) is 13.4. The minimum absolute atomic E-state index is 0.168. The number of hydrogen-bond donors (Lipinski definition) is 1. The largest absolute Gasteiger partial charge is 0.282 e. The van der Waals surface area contributed by atoms with Gasteiger partial charge in [0, 0.05) is 22.8 Å². The van der Waals surface area contributed by atoms with Crippen LogP contribution in [-0.2, 0) is 10.0 Å². The Kier molecular flexibility index (Phi) is 4.25. The molecule has 1 atom stereocenters. The van der Waals surface area contributed by atoms with E-state index in [0.29, 0.717) is 11.6 Å². The second-order valence-electron chi connectivity index (χ2n) is 6.03. The van der Waals surface area contributed by atoms with E-state index in [4.69, 9.17) is 11.6 Å². The van der Waals surface area contributed by atoms with E-state index >= 15 is 0 Å². The Morgan fingerprint density at radius 1 is 1.30 bits per heavy atom. The first kappa shape index (κ1) is 16.5. The highest BCUT2D eigenvalue weighted by atomic mass is 35.5. The first-order valence-corrected chi connectivity index (χ1v) is 9.43. The first-order chi connectivity index (χ1) is 10.8. The fourth-order valence-corrected chi connectivity index (χ4v) is 5.17. The lowest BCUT2D eigenvalue weighted by molar-refractivity contribution is 0.394. The highest BCUT2D eigenvalue weighted by Crippen LogP contribution is 2.39. The lowest BCUT2D eigenvalue weighted by Gasteiger charge is -2.24. The number of aromatic nitrogens is 2. The molecule has 2 aromatic rings. The van der Waals surface area contributed by atoms with Gasteiger partial charge in [-0.05, 0) is 51.3 Å². The fourth-order valence-electron chi connectivity index (χ4n) is 3.24. The van der Waals surface area contributed by atoms with Crippen molar-refractivity contribution in [3.63, 3.8) is 0 Å². The standard InChI is InChI=1S/C16H20ClN3O2S/c1-10-6-7-13(9-14(10)17)23(21,22)20-8-4-5-15(20)16-11(2)18-19-12(16)3/h6-7,9,15H,4-5,8H2,1-3H3,(H,18,19). The van der Waals surface area contributed by atoms with Crippen LogP contribution in [0.15, 0.2) is 23.1 Å². The van der Waals surface area contributed by atoms with Crippen LogP contribution in [-0.4, -0.2) is 29.5 Å². The van der Waals surface area contributed by atoms with E-state index < -0.39 is 10.0 Å². The number of aryl methyl sites for hydroxylation is 3. The summed E-state index contributed by atoms with van der Waals surface area (Å²) in [6.07, 6.45) is 1.65. The number of benzene rings is 1. The second kappa shape index (κ2) is 5.92. The predicted molar refractivity (Wildman–Crippen MR) is 90.1 cm³/mol. The summed E-state index contributed by atoms with van der Waals surface area (Å²) < 4.78 is 27.7. The van der Waals surface area contributed by atoms with Crippen LogP contribution >= 0.6 is 11.6 Å². The third-order valence-electron chi connectivity index (χ3n) is 4.47. The molecule has 1 N–H and O–H groups in total. The molecule has 0 aliphatic carbocycles. The summed E-state index contributed by atoms with van der Waals surface area (Å²) >= 11 is 6.12. The maximum Gasteiger partial charge on any atom is 0.243 e. The summed E-state index contributed by atoms with van der Waals surface area (Å²) in [6, 6.07) is 4.74. The van der Waals surface area contributed by atoms with E-state index in [9.17, 15) is 8.42 Å². The summed E-state index contributed by atoms with van der Waals surface area (Å²) in [5, 5.41) is 7.63. The number of halogens is 1. The maximum atomic E-state index is 13.1. The number of nitrogens with one attached hydrogen (secondary N) is 1. The van der Waals surface area contributed by atoms with Crippen LogP contribution in [0, 0.1) is 20.8 Å². The normalized spacial score (nSPS) is 19.4. The Bertz CT molecular complexity index is 826. The van der Waals surface area contributed by atoms with Gasteiger partial charge in [0.25, 0.3) is 0 Å². The van der Waals surface area contributed by atoms with Gasteiger partial charge in [-0.1, -0.05) is 17.7 Å². The molecule has 1 unspecified atom stereocenters. The Balaban J connectivity index is 2.03. The van der Waals surface area contributed by atoms with Crippen molar-refractivity contribution >= 4 is 21.6 Å². The van der Waals surface area contributed by atoms with Crippen molar-refractivity contribution in [1.29, 1.82) is 0 Å². The molecule has 7 heteroatoms. The van der Waals surface area contributed by atoms with Gasteiger partial charge in [-0.2, -0.15) is 9.40 Å². The monoisotopic (exact) mass is 353 g/mol. The fraction of sp³-hybridized carbons (Fsp3) is 0.438. The lowest BCUT2D eigenvalue weighted by atomic mass is 10.0. The minimum atomic E-state index is -3.58. The minimum Gasteiger partial charge on any atom is -0.282 e. The SMILES string of the molecule is Cc1ccc(S(=O)(=O)N2CCCC2c2c(C)n[nH]c2C)cc1Cl. The van der Waals surface area contributed by atoms with E-state index in [-0.39, 0.29) is 10.9 Å². The quantitative estimate of drug-likeness (QED) is 0.918. The first-order valence-electron chi connectivity index (χ1n) is 7.62. The van der Waals surface area contributed by atoms with Gasteiger partial charge in [0.2, 0.25) is 10.0 Å². The zero-order chi connectivity index (χ0) is 16.8. The molecule has 1 aliphatic heterocycles. The smallest absolute Gasteiger partial charge is 0.243 e. The maximum absolute atomic E-state index is 13.1. The van der Waals surface area contributed by atoms with E-state index in [1.807, 2.05) is 20.8 Å². The molecule has 1 aliphatic rings. The molecular weight excluding hydrogens is 334 g/mol. The summed E-state index contributed by atoms with van der Waals surface area (Å²) in [4.78, 5) is 0.249. The van der Waals surface area contributed by atoms with Gasteiger partial charge in [0.15, 0.2) is 0 Å². The Hall–Kier alpha value is -1.37. The molecule has 1 fully saturated rings. The highest BCUT2D eigenvalue weighted by molar-refractivity contribution is 7.89. The summed E-state index contributed by atoms with van der Waals surface area (Å²) in [5.41, 5.74) is 3.64. The van der Waals surface area contributed by atoms with Crippen molar-refractivity contribution in [3.05, 3.63) is 45.7 Å². The van der Waals surface area contributed by atoms with Crippen molar-refractivity contribution in [1.82, 2.24) is 14.5 Å². The summed E-state index contributed by atoms with van der Waals surface area (Å²) in [6.45, 7) is 6.21.